The maximum atomic E-state index is 11.3. The van der Waals surface area contributed by atoms with Crippen molar-refractivity contribution in [2.24, 2.45) is 7.05 Å². The fourth-order valence-corrected chi connectivity index (χ4v) is 3.50. The predicted octanol–water partition coefficient (Wildman–Crippen LogP) is 4.59. The molecule has 0 radical (unpaired) electrons. The van der Waals surface area contributed by atoms with E-state index in [4.69, 9.17) is 0 Å². The van der Waals surface area contributed by atoms with Crippen LogP contribution in [-0.4, -0.2) is 9.55 Å². The SMILES string of the molecule is Cn1c(=O)ccc2c(Br)cccc21.O=c1ccc2c(Br)cccc2[nH]1. The van der Waals surface area contributed by atoms with Crippen LogP contribution in [0.25, 0.3) is 21.8 Å². The van der Waals surface area contributed by atoms with Crippen LogP contribution in [0.5, 0.6) is 0 Å². The molecule has 0 atom stereocenters. The van der Waals surface area contributed by atoms with Crippen LogP contribution in [0, 0.1) is 0 Å². The normalized spacial score (nSPS) is 10.5. The fraction of sp³-hybridized carbons (Fsp3) is 0.0526. The standard InChI is InChI=1S/C10H8BrNO.C9H6BrNO/c1-12-9-4-2-3-8(11)7(9)5-6-10(12)13;10-7-2-1-3-8-6(7)4-5-9(12)11-8/h2-6H,1H3;1-5H,(H,11,12). The quantitative estimate of drug-likeness (QED) is 0.416. The summed E-state index contributed by atoms with van der Waals surface area (Å²) in [5.74, 6) is 0. The van der Waals surface area contributed by atoms with Gasteiger partial charge in [-0.2, -0.15) is 0 Å². The Balaban J connectivity index is 0.000000146. The molecule has 2 heterocycles. The number of nitrogens with zero attached hydrogens (tertiary/aromatic N) is 1. The fourth-order valence-electron chi connectivity index (χ4n) is 2.52. The van der Waals surface area contributed by atoms with E-state index >= 15 is 0 Å². The molecule has 4 aromatic rings. The van der Waals surface area contributed by atoms with E-state index in [0.717, 1.165) is 30.8 Å². The van der Waals surface area contributed by atoms with Gasteiger partial charge in [0.25, 0.3) is 5.56 Å². The zero-order chi connectivity index (χ0) is 18.0. The molecule has 25 heavy (non-hydrogen) atoms. The molecule has 0 bridgehead atoms. The lowest BCUT2D eigenvalue weighted by Crippen LogP contribution is -2.14. The third kappa shape index (κ3) is 3.75. The summed E-state index contributed by atoms with van der Waals surface area (Å²) in [5.41, 5.74) is 1.75. The molecule has 1 N–H and O–H groups in total. The summed E-state index contributed by atoms with van der Waals surface area (Å²) in [7, 11) is 1.77. The molecule has 0 saturated carbocycles. The zero-order valence-corrected chi connectivity index (χ0v) is 16.5. The number of aromatic amines is 1. The minimum atomic E-state index is -0.0689. The van der Waals surface area contributed by atoms with Gasteiger partial charge in [-0.25, -0.2) is 0 Å². The van der Waals surface area contributed by atoms with Crippen molar-refractivity contribution in [1.29, 1.82) is 0 Å². The van der Waals surface area contributed by atoms with Crippen molar-refractivity contribution >= 4 is 53.7 Å². The summed E-state index contributed by atoms with van der Waals surface area (Å²) >= 11 is 6.84. The van der Waals surface area contributed by atoms with E-state index in [1.807, 2.05) is 42.5 Å². The van der Waals surface area contributed by atoms with Gasteiger partial charge >= 0.3 is 0 Å². The summed E-state index contributed by atoms with van der Waals surface area (Å²) in [6, 6.07) is 18.3. The summed E-state index contributed by atoms with van der Waals surface area (Å²) in [6.07, 6.45) is 0. The van der Waals surface area contributed by atoms with Crippen molar-refractivity contribution in [2.45, 2.75) is 0 Å². The summed E-state index contributed by atoms with van der Waals surface area (Å²) in [6.45, 7) is 0. The Labute approximate surface area is 160 Å². The molecular formula is C19H14Br2N2O2. The molecule has 0 spiro atoms. The number of benzene rings is 2. The van der Waals surface area contributed by atoms with Gasteiger partial charge in [0.1, 0.15) is 0 Å². The van der Waals surface area contributed by atoms with Crippen LogP contribution in [0.15, 0.2) is 79.2 Å². The number of aromatic nitrogens is 2. The Morgan fingerprint density at radius 2 is 1.44 bits per heavy atom. The minimum Gasteiger partial charge on any atom is -0.322 e. The summed E-state index contributed by atoms with van der Waals surface area (Å²) in [4.78, 5) is 25.0. The van der Waals surface area contributed by atoms with Crippen molar-refractivity contribution in [3.63, 3.8) is 0 Å². The van der Waals surface area contributed by atoms with Gasteiger partial charge in [-0.15, -0.1) is 0 Å². The van der Waals surface area contributed by atoms with E-state index < -0.39 is 0 Å². The van der Waals surface area contributed by atoms with Crippen molar-refractivity contribution in [3.8, 4) is 0 Å². The van der Waals surface area contributed by atoms with E-state index in [9.17, 15) is 9.59 Å². The molecule has 4 rings (SSSR count). The van der Waals surface area contributed by atoms with Gasteiger partial charge in [0, 0.05) is 44.4 Å². The highest BCUT2D eigenvalue weighted by molar-refractivity contribution is 9.11. The monoisotopic (exact) mass is 460 g/mol. The van der Waals surface area contributed by atoms with Crippen LogP contribution in [0.4, 0.5) is 0 Å². The second-order valence-electron chi connectivity index (χ2n) is 5.43. The van der Waals surface area contributed by atoms with Crippen LogP contribution in [-0.2, 0) is 7.05 Å². The highest BCUT2D eigenvalue weighted by atomic mass is 79.9. The van der Waals surface area contributed by atoms with Crippen LogP contribution in [0.3, 0.4) is 0 Å². The Bertz CT molecular complexity index is 1180. The van der Waals surface area contributed by atoms with Crippen molar-refractivity contribution in [3.05, 3.63) is 90.3 Å². The number of nitrogens with one attached hydrogen (secondary N) is 1. The highest BCUT2D eigenvalue weighted by Crippen LogP contribution is 2.21. The second kappa shape index (κ2) is 7.37. The van der Waals surface area contributed by atoms with Crippen LogP contribution >= 0.6 is 31.9 Å². The molecule has 0 saturated heterocycles. The first-order chi connectivity index (χ1) is 12.0. The lowest BCUT2D eigenvalue weighted by Gasteiger charge is -2.04. The van der Waals surface area contributed by atoms with Crippen molar-refractivity contribution < 1.29 is 0 Å². The third-order valence-corrected chi connectivity index (χ3v) is 5.21. The van der Waals surface area contributed by atoms with Crippen LogP contribution in [0.2, 0.25) is 0 Å². The van der Waals surface area contributed by atoms with Gasteiger partial charge < -0.3 is 9.55 Å². The molecule has 2 aromatic carbocycles. The van der Waals surface area contributed by atoms with E-state index in [1.54, 1.807) is 23.7 Å². The maximum absolute atomic E-state index is 11.3. The topological polar surface area (TPSA) is 54.9 Å². The molecule has 0 aliphatic carbocycles. The Morgan fingerprint density at radius 3 is 2.20 bits per heavy atom. The van der Waals surface area contributed by atoms with Crippen LogP contribution < -0.4 is 11.1 Å². The number of rotatable bonds is 0. The number of hydrogen-bond acceptors (Lipinski definition) is 2. The predicted molar refractivity (Wildman–Crippen MR) is 109 cm³/mol. The molecule has 0 unspecified atom stereocenters. The molecule has 6 heteroatoms. The lowest BCUT2D eigenvalue weighted by atomic mass is 10.2. The van der Waals surface area contributed by atoms with Crippen molar-refractivity contribution in [1.82, 2.24) is 9.55 Å². The van der Waals surface area contributed by atoms with Gasteiger partial charge in [0.2, 0.25) is 5.56 Å². The van der Waals surface area contributed by atoms with Crippen molar-refractivity contribution in [2.75, 3.05) is 0 Å². The molecular weight excluding hydrogens is 448 g/mol. The highest BCUT2D eigenvalue weighted by Gasteiger charge is 2.00. The molecule has 0 amide bonds. The Kier molecular flexibility index (Phi) is 5.20. The second-order valence-corrected chi connectivity index (χ2v) is 7.14. The minimum absolute atomic E-state index is 0.0191. The molecule has 4 nitrogen and oxygen atoms in total. The third-order valence-electron chi connectivity index (χ3n) is 3.83. The van der Waals surface area contributed by atoms with E-state index in [-0.39, 0.29) is 11.1 Å². The number of fused-ring (bicyclic) bond motifs is 2. The van der Waals surface area contributed by atoms with Crippen LogP contribution in [0.1, 0.15) is 0 Å². The molecule has 2 aromatic heterocycles. The average molecular weight is 462 g/mol. The van der Waals surface area contributed by atoms with E-state index in [2.05, 4.69) is 36.8 Å². The molecule has 126 valence electrons. The first-order valence-electron chi connectivity index (χ1n) is 7.49. The van der Waals surface area contributed by atoms with E-state index in [1.165, 1.54) is 6.07 Å². The summed E-state index contributed by atoms with van der Waals surface area (Å²) in [5, 5.41) is 2.08. The number of halogens is 2. The van der Waals surface area contributed by atoms with Gasteiger partial charge in [-0.1, -0.05) is 44.0 Å². The van der Waals surface area contributed by atoms with E-state index in [0.29, 0.717) is 0 Å². The molecule has 0 aliphatic heterocycles. The van der Waals surface area contributed by atoms with Gasteiger partial charge in [-0.05, 0) is 36.4 Å². The number of pyridine rings is 2. The average Bonchev–Trinajstić information content (AvgIpc) is 2.59. The largest absolute Gasteiger partial charge is 0.322 e. The summed E-state index contributed by atoms with van der Waals surface area (Å²) < 4.78 is 3.65. The first-order valence-corrected chi connectivity index (χ1v) is 9.08. The smallest absolute Gasteiger partial charge is 0.250 e. The number of hydrogen-bond donors (Lipinski definition) is 1. The Morgan fingerprint density at radius 1 is 0.800 bits per heavy atom. The first kappa shape index (κ1) is 17.6. The van der Waals surface area contributed by atoms with Gasteiger partial charge in [-0.3, -0.25) is 9.59 Å². The molecule has 0 aliphatic rings. The molecule has 0 fully saturated rings. The zero-order valence-electron chi connectivity index (χ0n) is 13.3. The van der Waals surface area contributed by atoms with Gasteiger partial charge in [0.15, 0.2) is 0 Å². The number of H-pyrrole nitrogens is 1. The maximum Gasteiger partial charge on any atom is 0.250 e. The Hall–Kier alpha value is -2.18. The number of aryl methyl sites for hydroxylation is 1. The van der Waals surface area contributed by atoms with Gasteiger partial charge in [0.05, 0.1) is 5.52 Å². The lowest BCUT2D eigenvalue weighted by molar-refractivity contribution is 0.906.